The largest absolute Gasteiger partial charge is 0.465 e. The number of benzene rings is 1. The molecule has 2 atom stereocenters. The molecule has 120 valence electrons. The molecule has 1 aromatic rings. The average Bonchev–Trinajstić information content (AvgIpc) is 2.53. The zero-order valence-corrected chi connectivity index (χ0v) is 12.4. The van der Waals surface area contributed by atoms with E-state index in [1.165, 1.54) is 16.8 Å². The molecule has 0 bridgehead atoms. The molecule has 1 saturated heterocycles. The Bertz CT molecular complexity index is 522. The molecule has 1 fully saturated rings. The van der Waals surface area contributed by atoms with Crippen LogP contribution in [0.25, 0.3) is 0 Å². The Kier molecular flexibility index (Phi) is 5.21. The normalized spacial score (nSPS) is 21.3. The molecule has 1 aliphatic rings. The molecular formula is C15H20N2O5. The van der Waals surface area contributed by atoms with Crippen LogP contribution in [0, 0.1) is 0 Å². The van der Waals surface area contributed by atoms with Gasteiger partial charge in [0.05, 0.1) is 12.1 Å². The highest BCUT2D eigenvalue weighted by atomic mass is 16.6. The van der Waals surface area contributed by atoms with Crippen molar-refractivity contribution in [3.63, 3.8) is 0 Å². The van der Waals surface area contributed by atoms with Gasteiger partial charge in [0.15, 0.2) is 0 Å². The maximum Gasteiger partial charge on any atom is 0.410 e. The van der Waals surface area contributed by atoms with Crippen molar-refractivity contribution >= 4 is 12.2 Å². The summed E-state index contributed by atoms with van der Waals surface area (Å²) < 4.78 is 5.20. The lowest BCUT2D eigenvalue weighted by molar-refractivity contribution is -0.00154. The van der Waals surface area contributed by atoms with Crippen LogP contribution >= 0.6 is 0 Å². The summed E-state index contributed by atoms with van der Waals surface area (Å²) >= 11 is 0. The van der Waals surface area contributed by atoms with Crippen LogP contribution in [0.15, 0.2) is 30.3 Å². The van der Waals surface area contributed by atoms with Gasteiger partial charge in [0.2, 0.25) is 0 Å². The zero-order chi connectivity index (χ0) is 16.1. The minimum atomic E-state index is -1.05. The molecule has 0 spiro atoms. The lowest BCUT2D eigenvalue weighted by Crippen LogP contribution is -2.56. The van der Waals surface area contributed by atoms with Gasteiger partial charge in [0.25, 0.3) is 0 Å². The van der Waals surface area contributed by atoms with E-state index in [1.54, 1.807) is 0 Å². The van der Waals surface area contributed by atoms with Crippen LogP contribution in [0.3, 0.4) is 0 Å². The minimum Gasteiger partial charge on any atom is -0.465 e. The molecule has 1 aliphatic heterocycles. The number of rotatable bonds is 3. The molecular weight excluding hydrogens is 288 g/mol. The van der Waals surface area contributed by atoms with Crippen molar-refractivity contribution in [3.05, 3.63) is 35.9 Å². The maximum absolute atomic E-state index is 12.1. The van der Waals surface area contributed by atoms with Crippen molar-refractivity contribution < 1.29 is 24.5 Å². The van der Waals surface area contributed by atoms with Crippen LogP contribution in [-0.2, 0) is 11.3 Å². The van der Waals surface area contributed by atoms with E-state index in [9.17, 15) is 14.7 Å². The van der Waals surface area contributed by atoms with Gasteiger partial charge < -0.3 is 24.7 Å². The molecule has 2 rings (SSSR count). The van der Waals surface area contributed by atoms with E-state index < -0.39 is 24.3 Å². The molecule has 2 unspecified atom stereocenters. The third-order valence-corrected chi connectivity index (χ3v) is 3.81. The predicted molar refractivity (Wildman–Crippen MR) is 78.4 cm³/mol. The molecule has 1 aromatic carbocycles. The van der Waals surface area contributed by atoms with Crippen molar-refractivity contribution in [2.75, 3.05) is 20.1 Å². The van der Waals surface area contributed by atoms with E-state index in [0.29, 0.717) is 6.42 Å². The van der Waals surface area contributed by atoms with Gasteiger partial charge in [-0.05, 0) is 12.0 Å². The number of ether oxygens (including phenoxy) is 1. The Balaban J connectivity index is 1.92. The van der Waals surface area contributed by atoms with Gasteiger partial charge >= 0.3 is 12.2 Å². The first-order chi connectivity index (χ1) is 10.5. The van der Waals surface area contributed by atoms with Crippen LogP contribution in [-0.4, -0.2) is 64.5 Å². The highest BCUT2D eigenvalue weighted by molar-refractivity contribution is 5.68. The summed E-state index contributed by atoms with van der Waals surface area (Å²) in [6.45, 7) is 0.475. The van der Waals surface area contributed by atoms with Crippen molar-refractivity contribution in [3.8, 4) is 0 Å². The Labute approximate surface area is 128 Å². The Morgan fingerprint density at radius 3 is 2.68 bits per heavy atom. The molecule has 2 N–H and O–H groups in total. The fourth-order valence-electron chi connectivity index (χ4n) is 2.43. The van der Waals surface area contributed by atoms with Gasteiger partial charge in [-0.1, -0.05) is 30.3 Å². The van der Waals surface area contributed by atoms with Gasteiger partial charge in [-0.25, -0.2) is 9.59 Å². The number of hydrogen-bond acceptors (Lipinski definition) is 4. The van der Waals surface area contributed by atoms with Gasteiger partial charge in [0.1, 0.15) is 6.61 Å². The second-order valence-electron chi connectivity index (χ2n) is 5.30. The monoisotopic (exact) mass is 308 g/mol. The van der Waals surface area contributed by atoms with E-state index in [1.807, 2.05) is 30.3 Å². The van der Waals surface area contributed by atoms with Crippen LogP contribution in [0.1, 0.15) is 12.0 Å². The first-order valence-electron chi connectivity index (χ1n) is 7.08. The summed E-state index contributed by atoms with van der Waals surface area (Å²) in [6, 6.07) is 8.65. The topological polar surface area (TPSA) is 90.3 Å². The summed E-state index contributed by atoms with van der Waals surface area (Å²) in [6.07, 6.45) is -2.10. The summed E-state index contributed by atoms with van der Waals surface area (Å²) in [4.78, 5) is 25.5. The Morgan fingerprint density at radius 2 is 2.05 bits per heavy atom. The first kappa shape index (κ1) is 16.1. The molecule has 7 heteroatoms. The zero-order valence-electron chi connectivity index (χ0n) is 12.4. The van der Waals surface area contributed by atoms with E-state index in [-0.39, 0.29) is 19.7 Å². The van der Waals surface area contributed by atoms with Crippen LogP contribution in [0.2, 0.25) is 0 Å². The SMILES string of the molecule is CN(C(=O)OCc1ccccc1)C1CN(C(=O)O)CCC1O. The number of carbonyl (C=O) groups excluding carboxylic acids is 1. The van der Waals surface area contributed by atoms with Crippen LogP contribution in [0.4, 0.5) is 9.59 Å². The van der Waals surface area contributed by atoms with Crippen LogP contribution < -0.4 is 0 Å². The van der Waals surface area contributed by atoms with Gasteiger partial charge in [-0.3, -0.25) is 0 Å². The van der Waals surface area contributed by atoms with Crippen molar-refractivity contribution in [2.45, 2.75) is 25.2 Å². The highest BCUT2D eigenvalue weighted by Crippen LogP contribution is 2.17. The number of aliphatic hydroxyl groups excluding tert-OH is 1. The molecule has 1 heterocycles. The van der Waals surface area contributed by atoms with Crippen molar-refractivity contribution in [1.29, 1.82) is 0 Å². The van der Waals surface area contributed by atoms with Crippen LogP contribution in [0.5, 0.6) is 0 Å². The minimum absolute atomic E-state index is 0.0768. The second-order valence-corrected chi connectivity index (χ2v) is 5.30. The second kappa shape index (κ2) is 7.13. The molecule has 0 saturated carbocycles. The summed E-state index contributed by atoms with van der Waals surface area (Å²) in [7, 11) is 1.51. The molecule has 22 heavy (non-hydrogen) atoms. The molecule has 0 radical (unpaired) electrons. The van der Waals surface area contributed by atoms with Gasteiger partial charge in [0, 0.05) is 20.1 Å². The summed E-state index contributed by atoms with van der Waals surface area (Å²) in [5.41, 5.74) is 0.862. The standard InChI is InChI=1S/C15H20N2O5/c1-16(12-9-17(14(19)20)8-7-13(12)18)15(21)22-10-11-5-3-2-4-6-11/h2-6,12-13,18H,7-10H2,1H3,(H,19,20). The molecule has 2 amide bonds. The number of likely N-dealkylation sites (N-methyl/N-ethyl adjacent to an activating group) is 1. The lowest BCUT2D eigenvalue weighted by atomic mass is 10.0. The molecule has 7 nitrogen and oxygen atoms in total. The third-order valence-electron chi connectivity index (χ3n) is 3.81. The van der Waals surface area contributed by atoms with E-state index in [4.69, 9.17) is 9.84 Å². The fraction of sp³-hybridized carbons (Fsp3) is 0.467. The molecule has 0 aromatic heterocycles. The number of carbonyl (C=O) groups is 2. The first-order valence-corrected chi connectivity index (χ1v) is 7.08. The number of carboxylic acid groups (broad SMARTS) is 1. The van der Waals surface area contributed by atoms with E-state index >= 15 is 0 Å². The smallest absolute Gasteiger partial charge is 0.410 e. The van der Waals surface area contributed by atoms with Crippen molar-refractivity contribution in [2.24, 2.45) is 0 Å². The quantitative estimate of drug-likeness (QED) is 0.880. The van der Waals surface area contributed by atoms with Crippen molar-refractivity contribution in [1.82, 2.24) is 9.80 Å². The highest BCUT2D eigenvalue weighted by Gasteiger charge is 2.35. The number of nitrogens with zero attached hydrogens (tertiary/aromatic N) is 2. The van der Waals surface area contributed by atoms with E-state index in [0.717, 1.165) is 5.56 Å². The lowest BCUT2D eigenvalue weighted by Gasteiger charge is -2.38. The Hall–Kier alpha value is -2.28. The number of hydrogen-bond donors (Lipinski definition) is 2. The number of aliphatic hydroxyl groups is 1. The maximum atomic E-state index is 12.1. The van der Waals surface area contributed by atoms with E-state index in [2.05, 4.69) is 0 Å². The Morgan fingerprint density at radius 1 is 1.36 bits per heavy atom. The number of amides is 2. The fourth-order valence-corrected chi connectivity index (χ4v) is 2.43. The summed E-state index contributed by atoms with van der Waals surface area (Å²) in [5.74, 6) is 0. The predicted octanol–water partition coefficient (Wildman–Crippen LogP) is 1.37. The average molecular weight is 308 g/mol. The van der Waals surface area contributed by atoms with Gasteiger partial charge in [-0.15, -0.1) is 0 Å². The number of likely N-dealkylation sites (tertiary alicyclic amines) is 1. The van der Waals surface area contributed by atoms with Gasteiger partial charge in [-0.2, -0.15) is 0 Å². The molecule has 0 aliphatic carbocycles. The number of piperidine rings is 1. The summed E-state index contributed by atoms with van der Waals surface area (Å²) in [5, 5.41) is 19.0. The third kappa shape index (κ3) is 3.88.